The summed E-state index contributed by atoms with van der Waals surface area (Å²) in [6.45, 7) is 8.39. The standard InChI is InChI=1S/C17H26N2O2/c1-17(2,3)12-8-10-19(11-9-12)16(20)15-13(18)6-5-7-14(15)21-4/h5-7,12H,8-11,18H2,1-4H3. The minimum Gasteiger partial charge on any atom is -0.496 e. The summed E-state index contributed by atoms with van der Waals surface area (Å²) in [6.07, 6.45) is 2.09. The number of amides is 1. The van der Waals surface area contributed by atoms with Gasteiger partial charge in [0.2, 0.25) is 0 Å². The van der Waals surface area contributed by atoms with Gasteiger partial charge in [-0.2, -0.15) is 0 Å². The lowest BCUT2D eigenvalue weighted by atomic mass is 9.75. The molecule has 4 heteroatoms. The van der Waals surface area contributed by atoms with E-state index in [9.17, 15) is 4.79 Å². The van der Waals surface area contributed by atoms with E-state index in [0.717, 1.165) is 25.9 Å². The highest BCUT2D eigenvalue weighted by atomic mass is 16.5. The number of methoxy groups -OCH3 is 1. The van der Waals surface area contributed by atoms with Crippen LogP contribution in [-0.4, -0.2) is 31.0 Å². The largest absolute Gasteiger partial charge is 0.496 e. The summed E-state index contributed by atoms with van der Waals surface area (Å²) in [5, 5.41) is 0. The topological polar surface area (TPSA) is 55.6 Å². The predicted molar refractivity (Wildman–Crippen MR) is 85.5 cm³/mol. The quantitative estimate of drug-likeness (QED) is 0.851. The molecule has 1 heterocycles. The van der Waals surface area contributed by atoms with Crippen LogP contribution < -0.4 is 10.5 Å². The van der Waals surface area contributed by atoms with Crippen LogP contribution >= 0.6 is 0 Å². The number of hydrogen-bond donors (Lipinski definition) is 1. The lowest BCUT2D eigenvalue weighted by molar-refractivity contribution is 0.0606. The van der Waals surface area contributed by atoms with E-state index in [4.69, 9.17) is 10.5 Å². The third kappa shape index (κ3) is 3.31. The Labute approximate surface area is 127 Å². The molecule has 2 N–H and O–H groups in total. The number of carbonyl (C=O) groups excluding carboxylic acids is 1. The van der Waals surface area contributed by atoms with Crippen LogP contribution in [0.1, 0.15) is 44.0 Å². The normalized spacial score (nSPS) is 16.9. The van der Waals surface area contributed by atoms with E-state index < -0.39 is 0 Å². The van der Waals surface area contributed by atoms with Crippen molar-refractivity contribution in [3.8, 4) is 5.75 Å². The van der Waals surface area contributed by atoms with E-state index >= 15 is 0 Å². The van der Waals surface area contributed by atoms with Crippen LogP contribution in [0.4, 0.5) is 5.69 Å². The molecule has 2 rings (SSSR count). The van der Waals surface area contributed by atoms with Gasteiger partial charge in [-0.25, -0.2) is 0 Å². The predicted octanol–water partition coefficient (Wildman–Crippen LogP) is 3.18. The minimum absolute atomic E-state index is 0.0164. The van der Waals surface area contributed by atoms with Crippen LogP contribution in [0.5, 0.6) is 5.75 Å². The van der Waals surface area contributed by atoms with Gasteiger partial charge in [0.25, 0.3) is 5.91 Å². The third-order valence-electron chi connectivity index (χ3n) is 4.50. The van der Waals surface area contributed by atoms with Gasteiger partial charge in [-0.1, -0.05) is 26.8 Å². The van der Waals surface area contributed by atoms with Crippen molar-refractivity contribution in [1.82, 2.24) is 4.90 Å². The molecule has 1 aromatic rings. The Balaban J connectivity index is 2.13. The van der Waals surface area contributed by atoms with Crippen LogP contribution in [0.15, 0.2) is 18.2 Å². The van der Waals surface area contributed by atoms with Gasteiger partial charge >= 0.3 is 0 Å². The number of benzene rings is 1. The van der Waals surface area contributed by atoms with Crippen LogP contribution in [0.3, 0.4) is 0 Å². The van der Waals surface area contributed by atoms with E-state index in [0.29, 0.717) is 28.3 Å². The fourth-order valence-corrected chi connectivity index (χ4v) is 3.05. The summed E-state index contributed by atoms with van der Waals surface area (Å²) in [7, 11) is 1.57. The zero-order valence-corrected chi connectivity index (χ0v) is 13.5. The summed E-state index contributed by atoms with van der Waals surface area (Å²) in [5.41, 5.74) is 7.26. The molecule has 0 unspecified atom stereocenters. The molecule has 21 heavy (non-hydrogen) atoms. The van der Waals surface area contributed by atoms with Gasteiger partial charge in [0.15, 0.2) is 0 Å². The first kappa shape index (κ1) is 15.7. The molecular formula is C17H26N2O2. The Morgan fingerprint density at radius 3 is 2.43 bits per heavy atom. The van der Waals surface area contributed by atoms with Crippen molar-refractivity contribution >= 4 is 11.6 Å². The Hall–Kier alpha value is -1.71. The Bertz CT molecular complexity index is 512. The first-order valence-electron chi connectivity index (χ1n) is 7.56. The molecule has 0 bridgehead atoms. The van der Waals surface area contributed by atoms with Gasteiger partial charge in [-0.15, -0.1) is 0 Å². The minimum atomic E-state index is -0.0164. The molecular weight excluding hydrogens is 264 g/mol. The zero-order chi connectivity index (χ0) is 15.6. The molecule has 1 aromatic carbocycles. The first-order chi connectivity index (χ1) is 9.84. The number of piperidine rings is 1. The molecule has 1 saturated heterocycles. The molecule has 1 fully saturated rings. The van der Waals surface area contributed by atoms with Gasteiger partial charge < -0.3 is 15.4 Å². The van der Waals surface area contributed by atoms with Gasteiger partial charge in [-0.05, 0) is 36.3 Å². The van der Waals surface area contributed by atoms with Crippen molar-refractivity contribution in [2.45, 2.75) is 33.6 Å². The molecule has 1 aliphatic rings. The van der Waals surface area contributed by atoms with E-state index in [2.05, 4.69) is 20.8 Å². The van der Waals surface area contributed by atoms with Crippen LogP contribution in [0, 0.1) is 11.3 Å². The second-order valence-corrected chi connectivity index (χ2v) is 6.86. The SMILES string of the molecule is COc1cccc(N)c1C(=O)N1CCC(C(C)(C)C)CC1. The van der Waals surface area contributed by atoms with Gasteiger partial charge in [0.1, 0.15) is 11.3 Å². The number of rotatable bonds is 2. The monoisotopic (exact) mass is 290 g/mol. The molecule has 0 spiro atoms. The number of likely N-dealkylation sites (tertiary alicyclic amines) is 1. The molecule has 0 saturated carbocycles. The fourth-order valence-electron chi connectivity index (χ4n) is 3.05. The van der Waals surface area contributed by atoms with Gasteiger partial charge in [-0.3, -0.25) is 4.79 Å². The molecule has 0 aromatic heterocycles. The molecule has 0 atom stereocenters. The summed E-state index contributed by atoms with van der Waals surface area (Å²) in [4.78, 5) is 14.6. The second-order valence-electron chi connectivity index (χ2n) is 6.86. The molecule has 0 aliphatic carbocycles. The number of ether oxygens (including phenoxy) is 1. The summed E-state index contributed by atoms with van der Waals surface area (Å²) >= 11 is 0. The van der Waals surface area contributed by atoms with Crippen molar-refractivity contribution in [3.63, 3.8) is 0 Å². The van der Waals surface area contributed by atoms with E-state index in [1.807, 2.05) is 4.90 Å². The van der Waals surface area contributed by atoms with Gasteiger partial charge in [0.05, 0.1) is 7.11 Å². The number of hydrogen-bond acceptors (Lipinski definition) is 3. The molecule has 1 aliphatic heterocycles. The molecule has 0 radical (unpaired) electrons. The Morgan fingerprint density at radius 1 is 1.29 bits per heavy atom. The fraction of sp³-hybridized carbons (Fsp3) is 0.588. The summed E-state index contributed by atoms with van der Waals surface area (Å²) < 4.78 is 5.29. The van der Waals surface area contributed by atoms with Gasteiger partial charge in [0, 0.05) is 18.8 Å². The Morgan fingerprint density at radius 2 is 1.90 bits per heavy atom. The number of carbonyl (C=O) groups is 1. The highest BCUT2D eigenvalue weighted by Crippen LogP contribution is 2.35. The molecule has 4 nitrogen and oxygen atoms in total. The van der Waals surface area contributed by atoms with E-state index in [1.54, 1.807) is 25.3 Å². The Kier molecular flexibility index (Phi) is 4.45. The van der Waals surface area contributed by atoms with Crippen LogP contribution in [0.25, 0.3) is 0 Å². The van der Waals surface area contributed by atoms with Crippen molar-refractivity contribution in [1.29, 1.82) is 0 Å². The maximum absolute atomic E-state index is 12.7. The van der Waals surface area contributed by atoms with Crippen LogP contribution in [0.2, 0.25) is 0 Å². The summed E-state index contributed by atoms with van der Waals surface area (Å²) in [5.74, 6) is 1.20. The number of anilines is 1. The van der Waals surface area contributed by atoms with E-state index in [1.165, 1.54) is 0 Å². The number of nitrogens with two attached hydrogens (primary N) is 1. The maximum Gasteiger partial charge on any atom is 0.259 e. The number of nitrogens with zero attached hydrogens (tertiary/aromatic N) is 1. The maximum atomic E-state index is 12.7. The van der Waals surface area contributed by atoms with Crippen molar-refractivity contribution < 1.29 is 9.53 Å². The average Bonchev–Trinajstić information content (AvgIpc) is 2.45. The molecule has 1 amide bonds. The van der Waals surface area contributed by atoms with Crippen molar-refractivity contribution in [3.05, 3.63) is 23.8 Å². The lowest BCUT2D eigenvalue weighted by Gasteiger charge is -2.39. The second kappa shape index (κ2) is 5.96. The van der Waals surface area contributed by atoms with E-state index in [-0.39, 0.29) is 5.91 Å². The highest BCUT2D eigenvalue weighted by Gasteiger charge is 2.31. The van der Waals surface area contributed by atoms with Crippen LogP contribution in [-0.2, 0) is 0 Å². The smallest absolute Gasteiger partial charge is 0.259 e. The highest BCUT2D eigenvalue weighted by molar-refractivity contribution is 6.01. The first-order valence-corrected chi connectivity index (χ1v) is 7.56. The lowest BCUT2D eigenvalue weighted by Crippen LogP contribution is -2.41. The average molecular weight is 290 g/mol. The summed E-state index contributed by atoms with van der Waals surface area (Å²) in [6, 6.07) is 5.33. The van der Waals surface area contributed by atoms with Crippen molar-refractivity contribution in [2.24, 2.45) is 11.3 Å². The number of nitrogen functional groups attached to an aromatic ring is 1. The zero-order valence-electron chi connectivity index (χ0n) is 13.5. The van der Waals surface area contributed by atoms with Crippen molar-refractivity contribution in [2.75, 3.05) is 25.9 Å². The molecule has 116 valence electrons. The third-order valence-corrected chi connectivity index (χ3v) is 4.50.